The van der Waals surface area contributed by atoms with Gasteiger partial charge in [-0.1, -0.05) is 36.1 Å². The van der Waals surface area contributed by atoms with Crippen molar-refractivity contribution in [3.8, 4) is 11.8 Å². The molecule has 4 nitrogen and oxygen atoms in total. The summed E-state index contributed by atoms with van der Waals surface area (Å²) in [6, 6.07) is 5.79. The van der Waals surface area contributed by atoms with Crippen LogP contribution in [0.25, 0.3) is 10.2 Å². The van der Waals surface area contributed by atoms with Crippen molar-refractivity contribution in [3.63, 3.8) is 0 Å². The number of nitrogens with zero attached hydrogens (tertiary/aromatic N) is 2. The van der Waals surface area contributed by atoms with Crippen molar-refractivity contribution in [1.82, 2.24) is 9.88 Å². The molecule has 1 aliphatic carbocycles. The molecule has 23 heavy (non-hydrogen) atoms. The lowest BCUT2D eigenvalue weighted by Gasteiger charge is -2.09. The van der Waals surface area contributed by atoms with Crippen LogP contribution in [0.3, 0.4) is 0 Å². The summed E-state index contributed by atoms with van der Waals surface area (Å²) in [5, 5.41) is 0. The summed E-state index contributed by atoms with van der Waals surface area (Å²) in [6.45, 7) is 0.132. The molecule has 1 aromatic heterocycles. The van der Waals surface area contributed by atoms with Gasteiger partial charge in [0.25, 0.3) is 0 Å². The summed E-state index contributed by atoms with van der Waals surface area (Å²) in [6.07, 6.45) is 7.20. The molecule has 2 heterocycles. The number of hydrogen-bond donors (Lipinski definition) is 0. The maximum absolute atomic E-state index is 12.3. The van der Waals surface area contributed by atoms with E-state index in [2.05, 4.69) is 16.8 Å². The third-order valence-electron chi connectivity index (χ3n) is 4.04. The number of benzene rings is 1. The quantitative estimate of drug-likeness (QED) is 0.599. The highest BCUT2D eigenvalue weighted by molar-refractivity contribution is 7.16. The standard InChI is InChI=1S/C18H12N2O2S/c21-17-13-5-1-2-6-14(13)18(22)20(17)9-3-4-12-7-8-15-16(10-12)23-11-19-15/h1-2,5-8,10-11,13-14H,9H2. The first-order valence-electron chi connectivity index (χ1n) is 7.26. The molecule has 0 radical (unpaired) electrons. The van der Waals surface area contributed by atoms with Crippen molar-refractivity contribution < 1.29 is 9.59 Å². The molecule has 0 saturated carbocycles. The molecule has 112 valence electrons. The molecule has 1 fully saturated rings. The second-order valence-corrected chi connectivity index (χ2v) is 6.31. The maximum atomic E-state index is 12.3. The van der Waals surface area contributed by atoms with Gasteiger partial charge in [-0.15, -0.1) is 11.3 Å². The predicted molar refractivity (Wildman–Crippen MR) is 88.5 cm³/mol. The summed E-state index contributed by atoms with van der Waals surface area (Å²) in [5.74, 6) is 4.93. The van der Waals surface area contributed by atoms with Gasteiger partial charge in [0.2, 0.25) is 11.8 Å². The summed E-state index contributed by atoms with van der Waals surface area (Å²) >= 11 is 1.56. The zero-order valence-corrected chi connectivity index (χ0v) is 12.9. The number of hydrogen-bond acceptors (Lipinski definition) is 4. The van der Waals surface area contributed by atoms with E-state index in [0.29, 0.717) is 0 Å². The van der Waals surface area contributed by atoms with Crippen LogP contribution in [0, 0.1) is 23.7 Å². The van der Waals surface area contributed by atoms with Crippen LogP contribution in [0.15, 0.2) is 48.0 Å². The van der Waals surface area contributed by atoms with E-state index in [4.69, 9.17) is 0 Å². The zero-order valence-electron chi connectivity index (χ0n) is 12.1. The third kappa shape index (κ3) is 2.37. The average molecular weight is 320 g/mol. The van der Waals surface area contributed by atoms with Gasteiger partial charge < -0.3 is 0 Å². The van der Waals surface area contributed by atoms with Gasteiger partial charge in [0.15, 0.2) is 0 Å². The van der Waals surface area contributed by atoms with Gasteiger partial charge in [0, 0.05) is 5.56 Å². The summed E-state index contributed by atoms with van der Waals surface area (Å²) in [5.41, 5.74) is 3.61. The first-order valence-corrected chi connectivity index (χ1v) is 8.14. The molecule has 1 aliphatic heterocycles. The monoisotopic (exact) mass is 320 g/mol. The topological polar surface area (TPSA) is 50.3 Å². The molecule has 0 N–H and O–H groups in total. The predicted octanol–water partition coefficient (Wildman–Crippen LogP) is 2.38. The molecule has 5 heteroatoms. The molecule has 2 aliphatic rings. The smallest absolute Gasteiger partial charge is 0.238 e. The second kappa shape index (κ2) is 5.49. The highest BCUT2D eigenvalue weighted by Crippen LogP contribution is 2.30. The molecule has 0 bridgehead atoms. The fourth-order valence-corrected chi connectivity index (χ4v) is 3.57. The SMILES string of the molecule is O=C1C2C=CC=CC2C(=O)N1CC#Cc1ccc2ncsc2c1. The second-order valence-electron chi connectivity index (χ2n) is 5.42. The van der Waals surface area contributed by atoms with E-state index in [1.807, 2.05) is 30.4 Å². The van der Waals surface area contributed by atoms with Gasteiger partial charge in [-0.2, -0.15) is 0 Å². The summed E-state index contributed by atoms with van der Waals surface area (Å²) in [4.78, 5) is 30.0. The van der Waals surface area contributed by atoms with Crippen LogP contribution < -0.4 is 0 Å². The number of carbonyl (C=O) groups excluding carboxylic acids is 2. The van der Waals surface area contributed by atoms with E-state index in [1.165, 1.54) is 4.90 Å². The number of imide groups is 1. The van der Waals surface area contributed by atoms with Gasteiger partial charge in [-0.25, -0.2) is 4.98 Å². The van der Waals surface area contributed by atoms with Crippen LogP contribution in [-0.4, -0.2) is 28.2 Å². The molecule has 1 saturated heterocycles. The van der Waals surface area contributed by atoms with E-state index in [0.717, 1.165) is 15.8 Å². The van der Waals surface area contributed by atoms with Crippen molar-refractivity contribution >= 4 is 33.4 Å². The maximum Gasteiger partial charge on any atom is 0.238 e. The summed E-state index contributed by atoms with van der Waals surface area (Å²) < 4.78 is 1.08. The lowest BCUT2D eigenvalue weighted by Crippen LogP contribution is -2.31. The number of amides is 2. The molecule has 2 unspecified atom stereocenters. The minimum absolute atomic E-state index is 0.132. The van der Waals surface area contributed by atoms with Gasteiger partial charge in [0.1, 0.15) is 0 Å². The Kier molecular flexibility index (Phi) is 3.32. The Morgan fingerprint density at radius 1 is 1.13 bits per heavy atom. The van der Waals surface area contributed by atoms with Crippen LogP contribution in [0.1, 0.15) is 5.56 Å². The average Bonchev–Trinajstić information content (AvgIpc) is 3.13. The largest absolute Gasteiger partial charge is 0.274 e. The van der Waals surface area contributed by atoms with E-state index < -0.39 is 0 Å². The number of fused-ring (bicyclic) bond motifs is 2. The molecule has 4 rings (SSSR count). The Bertz CT molecular complexity index is 899. The number of thiazole rings is 1. The lowest BCUT2D eigenvalue weighted by molar-refractivity contribution is -0.138. The van der Waals surface area contributed by atoms with Crippen molar-refractivity contribution in [2.45, 2.75) is 0 Å². The van der Waals surface area contributed by atoms with Crippen LogP contribution in [0.4, 0.5) is 0 Å². The molecular formula is C18H12N2O2S. The van der Waals surface area contributed by atoms with Gasteiger partial charge >= 0.3 is 0 Å². The lowest BCUT2D eigenvalue weighted by atomic mass is 9.91. The number of carbonyl (C=O) groups is 2. The molecule has 2 aromatic rings. The van der Waals surface area contributed by atoms with Crippen LogP contribution >= 0.6 is 11.3 Å². The van der Waals surface area contributed by atoms with E-state index in [9.17, 15) is 9.59 Å². The molecule has 1 aromatic carbocycles. The Hall–Kier alpha value is -2.71. The molecular weight excluding hydrogens is 308 g/mol. The Labute approximate surface area is 137 Å². The fraction of sp³-hybridized carbons (Fsp3) is 0.167. The van der Waals surface area contributed by atoms with Gasteiger partial charge in [-0.05, 0) is 18.2 Å². The zero-order chi connectivity index (χ0) is 15.8. The first kappa shape index (κ1) is 13.9. The Morgan fingerprint density at radius 2 is 1.87 bits per heavy atom. The number of aromatic nitrogens is 1. The highest BCUT2D eigenvalue weighted by atomic mass is 32.1. The van der Waals surface area contributed by atoms with E-state index in [-0.39, 0.29) is 30.2 Å². The van der Waals surface area contributed by atoms with Crippen LogP contribution in [-0.2, 0) is 9.59 Å². The Balaban J connectivity index is 1.53. The minimum Gasteiger partial charge on any atom is -0.274 e. The number of rotatable bonds is 1. The van der Waals surface area contributed by atoms with E-state index >= 15 is 0 Å². The van der Waals surface area contributed by atoms with E-state index in [1.54, 1.807) is 29.0 Å². The summed E-state index contributed by atoms with van der Waals surface area (Å²) in [7, 11) is 0. The normalized spacial score (nSPS) is 22.3. The first-order chi connectivity index (χ1) is 11.2. The highest BCUT2D eigenvalue weighted by Gasteiger charge is 2.45. The van der Waals surface area contributed by atoms with Crippen molar-refractivity contribution in [1.29, 1.82) is 0 Å². The molecule has 2 amide bonds. The number of allylic oxidation sites excluding steroid dienone is 2. The fourth-order valence-electron chi connectivity index (χ4n) is 2.86. The van der Waals surface area contributed by atoms with Gasteiger partial charge in [0.05, 0.1) is 34.1 Å². The minimum atomic E-state index is -0.358. The molecule has 0 spiro atoms. The van der Waals surface area contributed by atoms with Crippen LogP contribution in [0.5, 0.6) is 0 Å². The number of likely N-dealkylation sites (tertiary alicyclic amines) is 1. The van der Waals surface area contributed by atoms with Crippen molar-refractivity contribution in [3.05, 3.63) is 53.6 Å². The van der Waals surface area contributed by atoms with Crippen molar-refractivity contribution in [2.24, 2.45) is 11.8 Å². The van der Waals surface area contributed by atoms with Gasteiger partial charge in [-0.3, -0.25) is 14.5 Å². The molecule has 2 atom stereocenters. The third-order valence-corrected chi connectivity index (χ3v) is 4.83. The van der Waals surface area contributed by atoms with Crippen LogP contribution in [0.2, 0.25) is 0 Å². The van der Waals surface area contributed by atoms with Crippen molar-refractivity contribution in [2.75, 3.05) is 6.54 Å². The Morgan fingerprint density at radius 3 is 2.61 bits per heavy atom.